The zero-order valence-corrected chi connectivity index (χ0v) is 23.2. The number of para-hydroxylation sites is 1. The lowest BCUT2D eigenvalue weighted by atomic mass is 9.78. The molecule has 2 aromatic carbocycles. The van der Waals surface area contributed by atoms with E-state index < -0.39 is 15.4 Å². The first-order chi connectivity index (χ1) is 18.3. The number of rotatable bonds is 7. The molecule has 0 unspecified atom stereocenters. The van der Waals surface area contributed by atoms with Crippen molar-refractivity contribution in [3.05, 3.63) is 47.5 Å². The first-order valence-corrected chi connectivity index (χ1v) is 14.8. The van der Waals surface area contributed by atoms with Crippen molar-refractivity contribution >= 4 is 27.5 Å². The predicted molar refractivity (Wildman–Crippen MR) is 143 cm³/mol. The minimum atomic E-state index is -3.97. The van der Waals surface area contributed by atoms with Gasteiger partial charge in [0.1, 0.15) is 23.9 Å². The number of fused-ring (bicyclic) bond motifs is 1. The van der Waals surface area contributed by atoms with Gasteiger partial charge in [0, 0.05) is 63.2 Å². The summed E-state index contributed by atoms with van der Waals surface area (Å²) in [7, 11) is -1.92. The van der Waals surface area contributed by atoms with Crippen molar-refractivity contribution in [1.29, 1.82) is 0 Å². The third-order valence-electron chi connectivity index (χ3n) is 7.51. The lowest BCUT2D eigenvalue weighted by molar-refractivity contribution is -0.136. The number of piperidine rings is 1. The second-order valence-electron chi connectivity index (χ2n) is 10.3. The SMILES string of the molecule is CN1CCN(C(=O)C[C@]2(COc3ccccc3)CCCN(S(=O)(=O)c3cc4c(cc3Cl)OCCO4)C2)CC1. The molecule has 0 N–H and O–H groups in total. The molecule has 3 heterocycles. The summed E-state index contributed by atoms with van der Waals surface area (Å²) in [5.41, 5.74) is -0.679. The molecule has 206 valence electrons. The summed E-state index contributed by atoms with van der Waals surface area (Å²) in [5.74, 6) is 1.52. The summed E-state index contributed by atoms with van der Waals surface area (Å²) in [6.45, 7) is 4.43. The van der Waals surface area contributed by atoms with Gasteiger partial charge < -0.3 is 24.0 Å². The zero-order chi connectivity index (χ0) is 26.8. The highest BCUT2D eigenvalue weighted by Crippen LogP contribution is 2.41. The van der Waals surface area contributed by atoms with E-state index in [-0.39, 0.29) is 35.4 Å². The highest BCUT2D eigenvalue weighted by atomic mass is 35.5. The van der Waals surface area contributed by atoms with Gasteiger partial charge in [-0.2, -0.15) is 4.31 Å². The fourth-order valence-corrected chi connectivity index (χ4v) is 7.40. The molecule has 0 spiro atoms. The van der Waals surface area contributed by atoms with Crippen LogP contribution in [0.15, 0.2) is 47.4 Å². The van der Waals surface area contributed by atoms with Gasteiger partial charge in [-0.3, -0.25) is 4.79 Å². The largest absolute Gasteiger partial charge is 0.493 e. The Morgan fingerprint density at radius 2 is 1.71 bits per heavy atom. The summed E-state index contributed by atoms with van der Waals surface area (Å²) in [4.78, 5) is 17.5. The molecular formula is C27H34ClN3O6S. The van der Waals surface area contributed by atoms with E-state index in [4.69, 9.17) is 25.8 Å². The average Bonchev–Trinajstić information content (AvgIpc) is 2.92. The van der Waals surface area contributed by atoms with Crippen LogP contribution >= 0.6 is 11.6 Å². The smallest absolute Gasteiger partial charge is 0.244 e. The van der Waals surface area contributed by atoms with Crippen molar-refractivity contribution in [2.45, 2.75) is 24.2 Å². The fourth-order valence-electron chi connectivity index (χ4n) is 5.30. The van der Waals surface area contributed by atoms with Gasteiger partial charge in [-0.15, -0.1) is 0 Å². The molecule has 1 atom stereocenters. The Bertz CT molecular complexity index is 1250. The van der Waals surface area contributed by atoms with Crippen LogP contribution in [0.5, 0.6) is 17.2 Å². The fraction of sp³-hybridized carbons (Fsp3) is 0.519. The Morgan fingerprint density at radius 1 is 1.03 bits per heavy atom. The minimum absolute atomic E-state index is 0.0198. The van der Waals surface area contributed by atoms with Crippen LogP contribution in [0.25, 0.3) is 0 Å². The van der Waals surface area contributed by atoms with Gasteiger partial charge in [0.05, 0.1) is 11.6 Å². The molecular weight excluding hydrogens is 530 g/mol. The Morgan fingerprint density at radius 3 is 2.42 bits per heavy atom. The quantitative estimate of drug-likeness (QED) is 0.511. The molecule has 0 saturated carbocycles. The third-order valence-corrected chi connectivity index (χ3v) is 9.82. The van der Waals surface area contributed by atoms with Crippen molar-refractivity contribution in [1.82, 2.24) is 14.1 Å². The highest BCUT2D eigenvalue weighted by Gasteiger charge is 2.44. The summed E-state index contributed by atoms with van der Waals surface area (Å²) >= 11 is 6.44. The molecule has 0 radical (unpaired) electrons. The van der Waals surface area contributed by atoms with Gasteiger partial charge in [-0.05, 0) is 32.0 Å². The van der Waals surface area contributed by atoms with Gasteiger partial charge in [-0.25, -0.2) is 8.42 Å². The summed E-state index contributed by atoms with van der Waals surface area (Å²) < 4.78 is 46.5. The summed E-state index contributed by atoms with van der Waals surface area (Å²) in [6, 6.07) is 12.3. The van der Waals surface area contributed by atoms with Crippen LogP contribution in [0, 0.1) is 5.41 Å². The van der Waals surface area contributed by atoms with Crippen LogP contribution in [0.4, 0.5) is 0 Å². The van der Waals surface area contributed by atoms with Crippen LogP contribution in [0.1, 0.15) is 19.3 Å². The van der Waals surface area contributed by atoms with E-state index in [1.807, 2.05) is 42.3 Å². The number of hydrogen-bond acceptors (Lipinski definition) is 7. The number of benzene rings is 2. The molecule has 5 rings (SSSR count). The van der Waals surface area contributed by atoms with Crippen LogP contribution in [0.2, 0.25) is 5.02 Å². The van der Waals surface area contributed by atoms with E-state index in [2.05, 4.69) is 4.90 Å². The van der Waals surface area contributed by atoms with Crippen LogP contribution < -0.4 is 14.2 Å². The molecule has 3 aliphatic rings. The van der Waals surface area contributed by atoms with Gasteiger partial charge in [0.15, 0.2) is 11.5 Å². The number of ether oxygens (including phenoxy) is 3. The standard InChI is InChI=1S/C27H34ClN3O6S/c1-29-10-12-30(13-11-29)26(32)18-27(20-37-21-6-3-2-4-7-21)8-5-9-31(19-27)38(33,34)25-17-24-23(16-22(25)28)35-14-15-36-24/h2-4,6-7,16-17H,5,8-15,18-20H2,1H3/t27-/m1/s1. The monoisotopic (exact) mass is 563 g/mol. The Hall–Kier alpha value is -2.53. The van der Waals surface area contributed by atoms with Crippen molar-refractivity contribution in [2.24, 2.45) is 5.41 Å². The molecule has 1 amide bonds. The van der Waals surface area contributed by atoms with E-state index in [1.54, 1.807) is 0 Å². The number of sulfonamides is 1. The van der Waals surface area contributed by atoms with Crippen molar-refractivity contribution < 1.29 is 27.4 Å². The third kappa shape index (κ3) is 5.88. The predicted octanol–water partition coefficient (Wildman–Crippen LogP) is 3.13. The Kier molecular flexibility index (Phi) is 8.04. The summed E-state index contributed by atoms with van der Waals surface area (Å²) in [5, 5.41) is 0.0828. The lowest BCUT2D eigenvalue weighted by Crippen LogP contribution is -2.53. The number of piperazine rings is 1. The zero-order valence-electron chi connectivity index (χ0n) is 21.6. The second-order valence-corrected chi connectivity index (χ2v) is 12.6. The number of amides is 1. The number of carbonyl (C=O) groups is 1. The molecule has 2 saturated heterocycles. The van der Waals surface area contributed by atoms with Gasteiger partial charge in [-0.1, -0.05) is 29.8 Å². The molecule has 38 heavy (non-hydrogen) atoms. The normalized spacial score (nSPS) is 22.7. The van der Waals surface area contributed by atoms with Crippen molar-refractivity contribution in [3.63, 3.8) is 0 Å². The second kappa shape index (κ2) is 11.3. The molecule has 11 heteroatoms. The van der Waals surface area contributed by atoms with E-state index in [1.165, 1.54) is 16.4 Å². The molecule has 2 fully saturated rings. The van der Waals surface area contributed by atoms with E-state index in [9.17, 15) is 13.2 Å². The average molecular weight is 564 g/mol. The number of carbonyl (C=O) groups excluding carboxylic acids is 1. The van der Waals surface area contributed by atoms with Crippen LogP contribution in [-0.2, 0) is 14.8 Å². The van der Waals surface area contributed by atoms with Crippen LogP contribution in [-0.4, -0.2) is 94.6 Å². The van der Waals surface area contributed by atoms with Crippen molar-refractivity contribution in [3.8, 4) is 17.2 Å². The molecule has 0 aromatic heterocycles. The highest BCUT2D eigenvalue weighted by molar-refractivity contribution is 7.89. The molecule has 3 aliphatic heterocycles. The first-order valence-electron chi connectivity index (χ1n) is 13.0. The maximum Gasteiger partial charge on any atom is 0.244 e. The van der Waals surface area contributed by atoms with Gasteiger partial charge >= 0.3 is 0 Å². The number of nitrogens with zero attached hydrogens (tertiary/aromatic N) is 3. The first kappa shape index (κ1) is 27.1. The Labute approximate surface area is 229 Å². The number of likely N-dealkylation sites (N-methyl/N-ethyl adjacent to an activating group) is 1. The molecule has 2 aromatic rings. The Balaban J connectivity index is 1.40. The topological polar surface area (TPSA) is 88.6 Å². The number of halogens is 1. The number of hydrogen-bond donors (Lipinski definition) is 0. The van der Waals surface area contributed by atoms with E-state index >= 15 is 0 Å². The van der Waals surface area contributed by atoms with Gasteiger partial charge in [0.25, 0.3) is 0 Å². The molecule has 9 nitrogen and oxygen atoms in total. The minimum Gasteiger partial charge on any atom is -0.493 e. The molecule has 0 bridgehead atoms. The molecule has 0 aliphatic carbocycles. The summed E-state index contributed by atoms with van der Waals surface area (Å²) in [6.07, 6.45) is 1.50. The van der Waals surface area contributed by atoms with E-state index in [0.29, 0.717) is 62.9 Å². The van der Waals surface area contributed by atoms with E-state index in [0.717, 1.165) is 13.1 Å². The maximum absolute atomic E-state index is 13.9. The lowest BCUT2D eigenvalue weighted by Gasteiger charge is -2.43. The van der Waals surface area contributed by atoms with Gasteiger partial charge in [0.2, 0.25) is 15.9 Å². The van der Waals surface area contributed by atoms with Crippen molar-refractivity contribution in [2.75, 3.05) is 66.1 Å². The van der Waals surface area contributed by atoms with Crippen LogP contribution in [0.3, 0.4) is 0 Å². The maximum atomic E-state index is 13.9.